The molecule has 3 heteroatoms. The molecular weight excluding hydrogens is 224 g/mol. The first kappa shape index (κ1) is 13.4. The van der Waals surface area contributed by atoms with Crippen molar-refractivity contribution >= 4 is 5.69 Å². The molecule has 0 saturated carbocycles. The maximum Gasteiger partial charge on any atom is 0.0589 e. The van der Waals surface area contributed by atoms with Gasteiger partial charge in [-0.05, 0) is 24.6 Å². The van der Waals surface area contributed by atoms with Crippen molar-refractivity contribution in [3.05, 3.63) is 29.8 Å². The second kappa shape index (κ2) is 6.76. The number of nitrogens with zero attached hydrogens (tertiary/aromatic N) is 1. The number of para-hydroxylation sites is 1. The summed E-state index contributed by atoms with van der Waals surface area (Å²) in [6.07, 6.45) is 1.22. The van der Waals surface area contributed by atoms with Crippen molar-refractivity contribution < 1.29 is 4.74 Å². The fraction of sp³-hybridized carbons (Fsp3) is 0.600. The largest absolute Gasteiger partial charge is 0.385 e. The molecule has 0 bridgehead atoms. The lowest BCUT2D eigenvalue weighted by molar-refractivity contribution is 0.146. The third kappa shape index (κ3) is 3.24. The Morgan fingerprint density at radius 2 is 2.22 bits per heavy atom. The van der Waals surface area contributed by atoms with Gasteiger partial charge in [0.1, 0.15) is 0 Å². The highest BCUT2D eigenvalue weighted by molar-refractivity contribution is 5.54. The van der Waals surface area contributed by atoms with Gasteiger partial charge in [-0.15, -0.1) is 0 Å². The molecular formula is C15H24N2O. The average Bonchev–Trinajstić information content (AvgIpc) is 2.43. The van der Waals surface area contributed by atoms with Crippen LogP contribution < -0.4 is 5.32 Å². The van der Waals surface area contributed by atoms with E-state index in [0.29, 0.717) is 5.92 Å². The van der Waals surface area contributed by atoms with E-state index in [1.165, 1.54) is 17.7 Å². The van der Waals surface area contributed by atoms with E-state index in [0.717, 1.165) is 32.8 Å². The van der Waals surface area contributed by atoms with E-state index in [4.69, 9.17) is 4.74 Å². The zero-order chi connectivity index (χ0) is 12.8. The van der Waals surface area contributed by atoms with Gasteiger partial charge in [-0.2, -0.15) is 0 Å². The lowest BCUT2D eigenvalue weighted by atomic mass is 9.90. The molecule has 1 atom stereocenters. The number of anilines is 1. The molecule has 0 aromatic heterocycles. The Balaban J connectivity index is 2.01. The van der Waals surface area contributed by atoms with Crippen LogP contribution in [-0.4, -0.2) is 44.8 Å². The molecule has 1 N–H and O–H groups in total. The molecule has 1 aliphatic heterocycles. The Bertz CT molecular complexity index is 367. The van der Waals surface area contributed by atoms with Gasteiger partial charge in [-0.1, -0.05) is 25.1 Å². The molecule has 0 aliphatic carbocycles. The minimum atomic E-state index is 0.652. The van der Waals surface area contributed by atoms with Gasteiger partial charge in [-0.3, -0.25) is 0 Å². The van der Waals surface area contributed by atoms with Gasteiger partial charge in [0.25, 0.3) is 0 Å². The summed E-state index contributed by atoms with van der Waals surface area (Å²) in [6, 6.07) is 8.70. The molecule has 1 aliphatic rings. The smallest absolute Gasteiger partial charge is 0.0589 e. The van der Waals surface area contributed by atoms with Crippen molar-refractivity contribution in [3.8, 4) is 0 Å². The molecule has 1 aromatic rings. The highest BCUT2D eigenvalue weighted by atomic mass is 16.5. The fourth-order valence-electron chi connectivity index (χ4n) is 2.65. The Morgan fingerprint density at radius 1 is 1.39 bits per heavy atom. The summed E-state index contributed by atoms with van der Waals surface area (Å²) in [4.78, 5) is 2.48. The van der Waals surface area contributed by atoms with Crippen LogP contribution >= 0.6 is 0 Å². The van der Waals surface area contributed by atoms with E-state index in [1.807, 2.05) is 0 Å². The lowest BCUT2D eigenvalue weighted by Gasteiger charge is -2.31. The molecule has 100 valence electrons. The predicted molar refractivity (Wildman–Crippen MR) is 76.3 cm³/mol. The number of hydrogen-bond acceptors (Lipinski definition) is 3. The van der Waals surface area contributed by atoms with Crippen LogP contribution in [0.15, 0.2) is 24.3 Å². The Kier molecular flexibility index (Phi) is 5.02. The quantitative estimate of drug-likeness (QED) is 0.837. The lowest BCUT2D eigenvalue weighted by Crippen LogP contribution is -2.33. The zero-order valence-electron chi connectivity index (χ0n) is 11.5. The van der Waals surface area contributed by atoms with Crippen LogP contribution in [-0.2, 0) is 4.74 Å². The van der Waals surface area contributed by atoms with Crippen LogP contribution in [0, 0.1) is 0 Å². The summed E-state index contributed by atoms with van der Waals surface area (Å²) in [5.41, 5.74) is 2.79. The van der Waals surface area contributed by atoms with Gasteiger partial charge in [0.05, 0.1) is 6.61 Å². The normalized spacial score (nSPS) is 18.5. The van der Waals surface area contributed by atoms with Gasteiger partial charge in [0.2, 0.25) is 0 Å². The first-order valence-corrected chi connectivity index (χ1v) is 6.89. The summed E-state index contributed by atoms with van der Waals surface area (Å²) in [5, 5.41) is 3.48. The molecule has 0 fully saturated rings. The molecule has 0 amide bonds. The van der Waals surface area contributed by atoms with Crippen molar-refractivity contribution in [2.45, 2.75) is 19.3 Å². The molecule has 2 rings (SSSR count). The van der Waals surface area contributed by atoms with Crippen molar-refractivity contribution in [1.82, 2.24) is 4.90 Å². The topological polar surface area (TPSA) is 24.5 Å². The van der Waals surface area contributed by atoms with Crippen LogP contribution in [0.3, 0.4) is 0 Å². The van der Waals surface area contributed by atoms with Gasteiger partial charge >= 0.3 is 0 Å². The van der Waals surface area contributed by atoms with Gasteiger partial charge in [0, 0.05) is 38.3 Å². The summed E-state index contributed by atoms with van der Waals surface area (Å²) < 4.78 is 5.18. The first-order valence-electron chi connectivity index (χ1n) is 6.89. The maximum absolute atomic E-state index is 5.18. The number of likely N-dealkylation sites (N-methyl/N-ethyl adjacent to an activating group) is 1. The minimum Gasteiger partial charge on any atom is -0.385 e. The van der Waals surface area contributed by atoms with E-state index in [-0.39, 0.29) is 0 Å². The highest BCUT2D eigenvalue weighted by Crippen LogP contribution is 2.31. The molecule has 1 heterocycles. The summed E-state index contributed by atoms with van der Waals surface area (Å²) >= 11 is 0. The third-order valence-electron chi connectivity index (χ3n) is 3.75. The molecule has 0 spiro atoms. The van der Waals surface area contributed by atoms with Crippen LogP contribution in [0.1, 0.15) is 24.8 Å². The molecule has 3 nitrogen and oxygen atoms in total. The predicted octanol–water partition coefficient (Wildman–Crippen LogP) is 2.55. The van der Waals surface area contributed by atoms with E-state index < -0.39 is 0 Å². The molecule has 0 saturated heterocycles. The van der Waals surface area contributed by atoms with E-state index in [1.54, 1.807) is 7.11 Å². The van der Waals surface area contributed by atoms with Crippen LogP contribution in [0.5, 0.6) is 0 Å². The number of benzene rings is 1. The standard InChI is InChI=1S/C15H24N2O/c1-3-17(10-11-18-2)12-13-8-9-16-15-7-5-4-6-14(13)15/h4-7,13,16H,3,8-12H2,1-2H3. The average molecular weight is 248 g/mol. The molecule has 18 heavy (non-hydrogen) atoms. The number of rotatable bonds is 6. The Hall–Kier alpha value is -1.06. The van der Waals surface area contributed by atoms with E-state index >= 15 is 0 Å². The van der Waals surface area contributed by atoms with Crippen molar-refractivity contribution in [3.63, 3.8) is 0 Å². The molecule has 0 radical (unpaired) electrons. The second-order valence-corrected chi connectivity index (χ2v) is 4.89. The highest BCUT2D eigenvalue weighted by Gasteiger charge is 2.21. The Morgan fingerprint density at radius 3 is 3.00 bits per heavy atom. The summed E-state index contributed by atoms with van der Waals surface area (Å²) in [7, 11) is 1.77. The summed E-state index contributed by atoms with van der Waals surface area (Å²) in [6.45, 7) is 7.39. The first-order chi connectivity index (χ1) is 8.85. The van der Waals surface area contributed by atoms with Crippen LogP contribution in [0.4, 0.5) is 5.69 Å². The van der Waals surface area contributed by atoms with Gasteiger partial charge < -0.3 is 15.0 Å². The van der Waals surface area contributed by atoms with Crippen LogP contribution in [0.2, 0.25) is 0 Å². The molecule has 1 unspecified atom stereocenters. The number of ether oxygens (including phenoxy) is 1. The summed E-state index contributed by atoms with van der Waals surface area (Å²) in [5.74, 6) is 0.652. The van der Waals surface area contributed by atoms with E-state index in [2.05, 4.69) is 41.4 Å². The Labute approximate surface area is 110 Å². The number of hydrogen-bond donors (Lipinski definition) is 1. The van der Waals surface area contributed by atoms with Crippen molar-refractivity contribution in [2.75, 3.05) is 45.2 Å². The van der Waals surface area contributed by atoms with Crippen molar-refractivity contribution in [1.29, 1.82) is 0 Å². The van der Waals surface area contributed by atoms with E-state index in [9.17, 15) is 0 Å². The monoisotopic (exact) mass is 248 g/mol. The number of nitrogens with one attached hydrogen (secondary N) is 1. The maximum atomic E-state index is 5.18. The fourth-order valence-corrected chi connectivity index (χ4v) is 2.65. The third-order valence-corrected chi connectivity index (χ3v) is 3.75. The van der Waals surface area contributed by atoms with Crippen molar-refractivity contribution in [2.24, 2.45) is 0 Å². The zero-order valence-corrected chi connectivity index (χ0v) is 11.5. The van der Waals surface area contributed by atoms with Crippen LogP contribution in [0.25, 0.3) is 0 Å². The molecule has 1 aromatic carbocycles. The number of methoxy groups -OCH3 is 1. The number of fused-ring (bicyclic) bond motifs is 1. The van der Waals surface area contributed by atoms with Gasteiger partial charge in [-0.25, -0.2) is 0 Å². The van der Waals surface area contributed by atoms with Gasteiger partial charge in [0.15, 0.2) is 0 Å². The SMILES string of the molecule is CCN(CCOC)CC1CCNc2ccccc21. The minimum absolute atomic E-state index is 0.652. The second-order valence-electron chi connectivity index (χ2n) is 4.89.